The Morgan fingerprint density at radius 2 is 2.13 bits per heavy atom. The minimum atomic E-state index is -0.0532. The lowest BCUT2D eigenvalue weighted by atomic mass is 10.1. The van der Waals surface area contributed by atoms with E-state index in [1.807, 2.05) is 12.1 Å². The van der Waals surface area contributed by atoms with Gasteiger partial charge in [-0.3, -0.25) is 4.79 Å². The van der Waals surface area contributed by atoms with E-state index < -0.39 is 0 Å². The van der Waals surface area contributed by atoms with Gasteiger partial charge in [0.05, 0.1) is 7.11 Å². The number of benzene rings is 1. The standard InChI is InChI=1S/C17H17NO3S2/c1-4-8-21-14-7-6-12(11-15(14)20-3)10-13-16(19)23-17(18-13)22-9-5-2/h4-7,10-11H,1-2,8-9H2,3H3/b13-10-. The summed E-state index contributed by atoms with van der Waals surface area (Å²) < 4.78 is 11.6. The van der Waals surface area contributed by atoms with Crippen molar-refractivity contribution in [1.29, 1.82) is 0 Å². The van der Waals surface area contributed by atoms with Crippen LogP contribution in [0.2, 0.25) is 0 Å². The summed E-state index contributed by atoms with van der Waals surface area (Å²) in [6.07, 6.45) is 5.20. The molecule has 6 heteroatoms. The van der Waals surface area contributed by atoms with Gasteiger partial charge in [-0.25, -0.2) is 4.99 Å². The number of carbonyl (C=O) groups excluding carboxylic acids is 1. The Bertz CT molecular complexity index is 680. The summed E-state index contributed by atoms with van der Waals surface area (Å²) in [5, 5.41) is -0.0532. The molecular formula is C17H17NO3S2. The Balaban J connectivity index is 2.21. The molecule has 120 valence electrons. The first-order chi connectivity index (χ1) is 11.2. The van der Waals surface area contributed by atoms with Crippen molar-refractivity contribution in [3.8, 4) is 11.5 Å². The highest BCUT2D eigenvalue weighted by molar-refractivity contribution is 8.45. The van der Waals surface area contributed by atoms with E-state index in [-0.39, 0.29) is 5.12 Å². The Kier molecular flexibility index (Phi) is 6.55. The molecule has 0 fully saturated rings. The van der Waals surface area contributed by atoms with Crippen molar-refractivity contribution in [3.05, 3.63) is 54.8 Å². The molecule has 0 aromatic heterocycles. The van der Waals surface area contributed by atoms with E-state index in [1.54, 1.807) is 31.4 Å². The summed E-state index contributed by atoms with van der Waals surface area (Å²) in [6.45, 7) is 7.68. The van der Waals surface area contributed by atoms with Crippen molar-refractivity contribution in [2.45, 2.75) is 0 Å². The van der Waals surface area contributed by atoms with E-state index in [0.717, 1.165) is 27.5 Å². The van der Waals surface area contributed by atoms with Crippen molar-refractivity contribution in [2.24, 2.45) is 4.99 Å². The van der Waals surface area contributed by atoms with Gasteiger partial charge >= 0.3 is 0 Å². The van der Waals surface area contributed by atoms with Gasteiger partial charge in [-0.2, -0.15) is 0 Å². The second-order valence-electron chi connectivity index (χ2n) is 4.41. The predicted octanol–water partition coefficient (Wildman–Crippen LogP) is 4.15. The highest BCUT2D eigenvalue weighted by atomic mass is 32.2. The van der Waals surface area contributed by atoms with Crippen LogP contribution in [0.4, 0.5) is 0 Å². The quantitative estimate of drug-likeness (QED) is 0.548. The third-order valence-corrected chi connectivity index (χ3v) is 4.78. The number of hydrogen-bond acceptors (Lipinski definition) is 6. The van der Waals surface area contributed by atoms with Gasteiger partial charge in [-0.15, -0.1) is 6.58 Å². The molecule has 23 heavy (non-hydrogen) atoms. The molecule has 1 aliphatic heterocycles. The number of ether oxygens (including phenoxy) is 2. The first-order valence-electron chi connectivity index (χ1n) is 6.86. The van der Waals surface area contributed by atoms with Crippen molar-refractivity contribution in [3.63, 3.8) is 0 Å². The highest BCUT2D eigenvalue weighted by Crippen LogP contribution is 2.33. The van der Waals surface area contributed by atoms with Crippen molar-refractivity contribution in [2.75, 3.05) is 19.5 Å². The molecule has 1 heterocycles. The molecule has 0 aliphatic carbocycles. The average Bonchev–Trinajstić information content (AvgIpc) is 2.91. The normalized spacial score (nSPS) is 15.4. The monoisotopic (exact) mass is 347 g/mol. The lowest BCUT2D eigenvalue weighted by Crippen LogP contribution is -1.96. The highest BCUT2D eigenvalue weighted by Gasteiger charge is 2.22. The van der Waals surface area contributed by atoms with Crippen LogP contribution in [0.1, 0.15) is 5.56 Å². The minimum Gasteiger partial charge on any atom is -0.493 e. The van der Waals surface area contributed by atoms with Crippen LogP contribution in [0.15, 0.2) is 54.2 Å². The van der Waals surface area contributed by atoms with Crippen LogP contribution >= 0.6 is 23.5 Å². The number of rotatable bonds is 7. The van der Waals surface area contributed by atoms with Crippen molar-refractivity contribution in [1.82, 2.24) is 0 Å². The molecule has 1 aromatic carbocycles. The van der Waals surface area contributed by atoms with Crippen molar-refractivity contribution >= 4 is 39.1 Å². The molecule has 0 spiro atoms. The van der Waals surface area contributed by atoms with Crippen molar-refractivity contribution < 1.29 is 14.3 Å². The summed E-state index contributed by atoms with van der Waals surface area (Å²) in [4.78, 5) is 16.3. The minimum absolute atomic E-state index is 0.0532. The molecule has 0 bridgehead atoms. The lowest BCUT2D eigenvalue weighted by molar-refractivity contribution is -0.107. The lowest BCUT2D eigenvalue weighted by Gasteiger charge is -2.09. The zero-order valence-corrected chi connectivity index (χ0v) is 14.4. The molecule has 2 rings (SSSR count). The fraction of sp³-hybridized carbons (Fsp3) is 0.176. The molecule has 0 saturated carbocycles. The number of carbonyl (C=O) groups is 1. The zero-order chi connectivity index (χ0) is 16.7. The summed E-state index contributed by atoms with van der Waals surface area (Å²) in [7, 11) is 1.58. The van der Waals surface area contributed by atoms with Crippen LogP contribution in [0.25, 0.3) is 6.08 Å². The van der Waals surface area contributed by atoms with Gasteiger partial charge in [0.25, 0.3) is 0 Å². The summed E-state index contributed by atoms with van der Waals surface area (Å²) in [6, 6.07) is 5.47. The predicted molar refractivity (Wildman–Crippen MR) is 99.4 cm³/mol. The van der Waals surface area contributed by atoms with Gasteiger partial charge in [0, 0.05) is 5.75 Å². The van der Waals surface area contributed by atoms with E-state index in [1.165, 1.54) is 11.8 Å². The van der Waals surface area contributed by atoms with Gasteiger partial charge in [0.2, 0.25) is 5.12 Å². The SMILES string of the molecule is C=CCOc1ccc(/C=C2\N=C(SCC=C)SC2=O)cc1OC. The van der Waals surface area contributed by atoms with Crippen LogP contribution in [0, 0.1) is 0 Å². The Morgan fingerprint density at radius 1 is 1.30 bits per heavy atom. The maximum absolute atomic E-state index is 12.0. The third kappa shape index (κ3) is 4.77. The Hall–Kier alpha value is -1.92. The maximum atomic E-state index is 12.0. The number of thioether (sulfide) groups is 2. The molecule has 0 atom stereocenters. The van der Waals surface area contributed by atoms with E-state index in [2.05, 4.69) is 18.2 Å². The van der Waals surface area contributed by atoms with Gasteiger partial charge in [-0.1, -0.05) is 36.6 Å². The van der Waals surface area contributed by atoms with E-state index in [0.29, 0.717) is 23.8 Å². The topological polar surface area (TPSA) is 47.9 Å². The number of nitrogens with zero attached hydrogens (tertiary/aromatic N) is 1. The number of hydrogen-bond donors (Lipinski definition) is 0. The fourth-order valence-corrected chi connectivity index (χ4v) is 3.38. The molecular weight excluding hydrogens is 330 g/mol. The van der Waals surface area contributed by atoms with E-state index in [9.17, 15) is 4.79 Å². The molecule has 0 saturated heterocycles. The van der Waals surface area contributed by atoms with Crippen LogP contribution in [-0.2, 0) is 4.79 Å². The largest absolute Gasteiger partial charge is 0.493 e. The molecule has 0 N–H and O–H groups in total. The summed E-state index contributed by atoms with van der Waals surface area (Å²) >= 11 is 2.65. The molecule has 0 unspecified atom stereocenters. The van der Waals surface area contributed by atoms with Crippen LogP contribution in [0.5, 0.6) is 11.5 Å². The first kappa shape index (κ1) is 17.4. The maximum Gasteiger partial charge on any atom is 0.244 e. The third-order valence-electron chi connectivity index (χ3n) is 2.77. The van der Waals surface area contributed by atoms with Gasteiger partial charge in [-0.05, 0) is 35.5 Å². The van der Waals surface area contributed by atoms with Crippen LogP contribution in [0.3, 0.4) is 0 Å². The molecule has 1 aliphatic rings. The van der Waals surface area contributed by atoms with E-state index in [4.69, 9.17) is 9.47 Å². The van der Waals surface area contributed by atoms with Gasteiger partial charge < -0.3 is 9.47 Å². The number of aliphatic imine (C=N–C) groups is 1. The molecule has 0 amide bonds. The fourth-order valence-electron chi connectivity index (χ4n) is 1.78. The van der Waals surface area contributed by atoms with Crippen LogP contribution in [-0.4, -0.2) is 29.0 Å². The van der Waals surface area contributed by atoms with Gasteiger partial charge in [0.15, 0.2) is 11.5 Å². The van der Waals surface area contributed by atoms with Gasteiger partial charge in [0.1, 0.15) is 16.7 Å². The summed E-state index contributed by atoms with van der Waals surface area (Å²) in [5.41, 5.74) is 1.26. The molecule has 1 aromatic rings. The molecule has 0 radical (unpaired) electrons. The summed E-state index contributed by atoms with van der Waals surface area (Å²) in [5.74, 6) is 1.96. The zero-order valence-electron chi connectivity index (χ0n) is 12.8. The smallest absolute Gasteiger partial charge is 0.244 e. The van der Waals surface area contributed by atoms with E-state index >= 15 is 0 Å². The van der Waals surface area contributed by atoms with Crippen LogP contribution < -0.4 is 9.47 Å². The molecule has 4 nitrogen and oxygen atoms in total. The number of methoxy groups -OCH3 is 1. The second-order valence-corrected chi connectivity index (χ2v) is 6.64. The Labute approximate surface area is 144 Å². The second kappa shape index (κ2) is 8.64. The Morgan fingerprint density at radius 3 is 2.83 bits per heavy atom. The average molecular weight is 347 g/mol. The first-order valence-corrected chi connectivity index (χ1v) is 8.66.